The van der Waals surface area contributed by atoms with Crippen LogP contribution in [0.2, 0.25) is 5.15 Å². The molecule has 5 N–H and O–H groups in total. The maximum Gasteiger partial charge on any atom is 0.350 e. The molecule has 1 aromatic carbocycles. The highest BCUT2D eigenvalue weighted by Crippen LogP contribution is 2.37. The van der Waals surface area contributed by atoms with Gasteiger partial charge in [0.1, 0.15) is 29.8 Å². The van der Waals surface area contributed by atoms with Gasteiger partial charge in [0.15, 0.2) is 11.9 Å². The number of pyridine rings is 1. The molecule has 13 heteroatoms. The second-order valence-electron chi connectivity index (χ2n) is 8.31. The quantitative estimate of drug-likeness (QED) is 0.224. The number of rotatable bonds is 8. The molecule has 5 atom stereocenters. The Morgan fingerprint density at radius 3 is 2.65 bits per heavy atom. The lowest BCUT2D eigenvalue weighted by atomic mass is 10.1. The van der Waals surface area contributed by atoms with Gasteiger partial charge < -0.3 is 34.8 Å². The highest BCUT2D eigenvalue weighted by atomic mass is 35.5. The van der Waals surface area contributed by atoms with Gasteiger partial charge in [0, 0.05) is 6.04 Å². The van der Waals surface area contributed by atoms with Gasteiger partial charge in [-0.3, -0.25) is 4.57 Å². The summed E-state index contributed by atoms with van der Waals surface area (Å²) in [6, 6.07) is 9.77. The number of halogens is 1. The molecule has 34 heavy (non-hydrogen) atoms. The first-order chi connectivity index (χ1) is 16.0. The van der Waals surface area contributed by atoms with Crippen LogP contribution in [0.5, 0.6) is 0 Å². The van der Waals surface area contributed by atoms with Gasteiger partial charge in [-0.2, -0.15) is 5.10 Å². The van der Waals surface area contributed by atoms with Crippen molar-refractivity contribution < 1.29 is 34.0 Å². The number of fused-ring (bicyclic) bond motifs is 1. The second kappa shape index (κ2) is 9.88. The van der Waals surface area contributed by atoms with Gasteiger partial charge in [-0.25, -0.2) is 9.67 Å². The minimum absolute atomic E-state index is 0.0451. The Hall–Kier alpha value is -2.08. The van der Waals surface area contributed by atoms with E-state index in [1.165, 1.54) is 4.68 Å². The SMILES string of the molecule is Cc1ccc([C@H](C)Nc2cc(Cl)nc3c2cnn3[C@@H]2O[C@H](COCP(=O)(O)O)[C@@H](O)[C@H]2O)cc1. The number of aliphatic hydroxyl groups is 2. The van der Waals surface area contributed by atoms with Crippen LogP contribution < -0.4 is 5.32 Å². The molecule has 1 fully saturated rings. The highest BCUT2D eigenvalue weighted by Gasteiger charge is 2.45. The topological polar surface area (TPSA) is 159 Å². The second-order valence-corrected chi connectivity index (χ2v) is 10.3. The lowest BCUT2D eigenvalue weighted by molar-refractivity contribution is -0.0658. The summed E-state index contributed by atoms with van der Waals surface area (Å²) in [5.41, 5.74) is 3.26. The van der Waals surface area contributed by atoms with Gasteiger partial charge in [0.25, 0.3) is 0 Å². The fraction of sp³-hybridized carbons (Fsp3) is 0.429. The van der Waals surface area contributed by atoms with Crippen LogP contribution in [0.15, 0.2) is 36.5 Å². The number of anilines is 1. The summed E-state index contributed by atoms with van der Waals surface area (Å²) in [6.45, 7) is 3.71. The zero-order valence-electron chi connectivity index (χ0n) is 18.4. The largest absolute Gasteiger partial charge is 0.387 e. The first-order valence-electron chi connectivity index (χ1n) is 10.5. The van der Waals surface area contributed by atoms with Crippen LogP contribution in [0.4, 0.5) is 5.69 Å². The third-order valence-electron chi connectivity index (χ3n) is 5.60. The average molecular weight is 513 g/mol. The van der Waals surface area contributed by atoms with Gasteiger partial charge in [-0.05, 0) is 25.5 Å². The van der Waals surface area contributed by atoms with Gasteiger partial charge in [0.2, 0.25) is 0 Å². The van der Waals surface area contributed by atoms with Gasteiger partial charge >= 0.3 is 7.60 Å². The molecule has 0 bridgehead atoms. The third-order valence-corrected chi connectivity index (χ3v) is 6.32. The molecular weight excluding hydrogens is 487 g/mol. The Morgan fingerprint density at radius 1 is 1.26 bits per heavy atom. The Morgan fingerprint density at radius 2 is 1.97 bits per heavy atom. The van der Waals surface area contributed by atoms with Crippen molar-refractivity contribution >= 4 is 35.9 Å². The summed E-state index contributed by atoms with van der Waals surface area (Å²) in [7, 11) is -4.37. The van der Waals surface area contributed by atoms with E-state index in [9.17, 15) is 14.8 Å². The molecule has 1 aliphatic rings. The van der Waals surface area contributed by atoms with Crippen LogP contribution in [-0.4, -0.2) is 66.0 Å². The van der Waals surface area contributed by atoms with Crippen LogP contribution in [0.1, 0.15) is 30.3 Å². The Labute approximate surface area is 200 Å². The molecule has 3 aromatic rings. The van der Waals surface area contributed by atoms with E-state index in [1.807, 2.05) is 38.1 Å². The number of aromatic nitrogens is 3. The van der Waals surface area contributed by atoms with Crippen molar-refractivity contribution in [1.29, 1.82) is 0 Å². The zero-order chi connectivity index (χ0) is 24.6. The standard InChI is InChI=1S/C21H26ClN4O7P/c1-11-3-5-13(6-4-11)12(2)24-15-7-17(22)25-20-14(15)8-23-26(20)21-19(28)18(27)16(33-21)9-32-10-34(29,30)31/h3-8,12,16,18-19,21,27-28H,9-10H2,1-2H3,(H,24,25)(H2,29,30,31)/t12-,16+,18+,19+,21+/m0/s1. The summed E-state index contributed by atoms with van der Waals surface area (Å²) < 4.78 is 23.0. The molecule has 0 spiro atoms. The summed E-state index contributed by atoms with van der Waals surface area (Å²) in [5.74, 6) is 0. The first-order valence-corrected chi connectivity index (χ1v) is 12.7. The number of hydrogen-bond acceptors (Lipinski definition) is 8. The van der Waals surface area contributed by atoms with Crippen molar-refractivity contribution in [2.24, 2.45) is 0 Å². The van der Waals surface area contributed by atoms with E-state index < -0.39 is 38.5 Å². The van der Waals surface area contributed by atoms with Crippen molar-refractivity contribution in [3.05, 3.63) is 52.8 Å². The highest BCUT2D eigenvalue weighted by molar-refractivity contribution is 7.51. The average Bonchev–Trinajstić information content (AvgIpc) is 3.29. The normalized spacial score (nSPS) is 24.0. The van der Waals surface area contributed by atoms with Gasteiger partial charge in [-0.15, -0.1) is 0 Å². The van der Waals surface area contributed by atoms with Crippen molar-refractivity contribution in [3.8, 4) is 0 Å². The minimum Gasteiger partial charge on any atom is -0.387 e. The monoisotopic (exact) mass is 512 g/mol. The smallest absolute Gasteiger partial charge is 0.350 e. The van der Waals surface area contributed by atoms with E-state index in [-0.39, 0.29) is 17.8 Å². The lowest BCUT2D eigenvalue weighted by Gasteiger charge is -2.18. The molecule has 1 aliphatic heterocycles. The number of benzene rings is 1. The Bertz CT molecular complexity index is 1200. The van der Waals surface area contributed by atoms with Crippen LogP contribution in [0, 0.1) is 6.92 Å². The van der Waals surface area contributed by atoms with Gasteiger partial charge in [-0.1, -0.05) is 41.4 Å². The maximum absolute atomic E-state index is 11.0. The van der Waals surface area contributed by atoms with Crippen LogP contribution >= 0.6 is 19.2 Å². The fourth-order valence-electron chi connectivity index (χ4n) is 3.82. The van der Waals surface area contributed by atoms with E-state index in [2.05, 4.69) is 15.4 Å². The first kappa shape index (κ1) is 25.0. The number of hydrogen-bond donors (Lipinski definition) is 5. The zero-order valence-corrected chi connectivity index (χ0v) is 20.1. The number of nitrogens with one attached hydrogen (secondary N) is 1. The molecule has 11 nitrogen and oxygen atoms in total. The maximum atomic E-state index is 11.0. The van der Waals surface area contributed by atoms with E-state index in [4.69, 9.17) is 30.9 Å². The Balaban J connectivity index is 1.56. The minimum atomic E-state index is -4.37. The molecule has 2 aromatic heterocycles. The van der Waals surface area contributed by atoms with E-state index in [0.717, 1.165) is 11.1 Å². The van der Waals surface area contributed by atoms with E-state index >= 15 is 0 Å². The molecule has 0 aliphatic carbocycles. The number of ether oxygens (including phenoxy) is 2. The van der Waals surface area contributed by atoms with Crippen molar-refractivity contribution in [2.75, 3.05) is 18.3 Å². The molecule has 1 saturated heterocycles. The summed E-state index contributed by atoms with van der Waals surface area (Å²) in [6.07, 6.45) is -4.14. The number of aryl methyl sites for hydroxylation is 1. The number of aliphatic hydroxyl groups excluding tert-OH is 2. The molecule has 0 saturated carbocycles. The molecule has 184 valence electrons. The Kier molecular flexibility index (Phi) is 7.28. The van der Waals surface area contributed by atoms with Crippen LogP contribution in [0.3, 0.4) is 0 Å². The van der Waals surface area contributed by atoms with E-state index in [1.54, 1.807) is 12.3 Å². The molecule has 3 heterocycles. The summed E-state index contributed by atoms with van der Waals surface area (Å²) in [4.78, 5) is 22.2. The molecular formula is C21H26ClN4O7P. The number of nitrogens with zero attached hydrogens (tertiary/aromatic N) is 3. The van der Waals surface area contributed by atoms with Crippen molar-refractivity contribution in [3.63, 3.8) is 0 Å². The lowest BCUT2D eigenvalue weighted by Crippen LogP contribution is -2.34. The summed E-state index contributed by atoms with van der Waals surface area (Å²) in [5, 5.41) is 29.5. The summed E-state index contributed by atoms with van der Waals surface area (Å²) >= 11 is 6.28. The van der Waals surface area contributed by atoms with Crippen LogP contribution in [0.25, 0.3) is 11.0 Å². The molecule has 0 unspecified atom stereocenters. The van der Waals surface area contributed by atoms with E-state index in [0.29, 0.717) is 16.7 Å². The molecule has 0 amide bonds. The van der Waals surface area contributed by atoms with Gasteiger partial charge in [0.05, 0.1) is 23.9 Å². The third kappa shape index (κ3) is 5.42. The predicted octanol–water partition coefficient (Wildman–Crippen LogP) is 2.34. The van der Waals surface area contributed by atoms with Crippen LogP contribution in [-0.2, 0) is 14.0 Å². The fourth-order valence-corrected chi connectivity index (χ4v) is 4.35. The molecule has 0 radical (unpaired) electrons. The molecule has 4 rings (SSSR count). The predicted molar refractivity (Wildman–Crippen MR) is 125 cm³/mol. The van der Waals surface area contributed by atoms with Crippen molar-refractivity contribution in [1.82, 2.24) is 14.8 Å². The van der Waals surface area contributed by atoms with Crippen molar-refractivity contribution in [2.45, 2.75) is 44.4 Å².